The summed E-state index contributed by atoms with van der Waals surface area (Å²) in [6.07, 6.45) is -0.368. The molecule has 1 aromatic carbocycles. The molecule has 2 atom stereocenters. The first-order valence-corrected chi connectivity index (χ1v) is 5.95. The van der Waals surface area contributed by atoms with Crippen LogP contribution in [-0.2, 0) is 15.1 Å². The monoisotopic (exact) mass is 280 g/mol. The van der Waals surface area contributed by atoms with E-state index in [-0.39, 0.29) is 5.57 Å². The zero-order valence-electron chi connectivity index (χ0n) is 11.4. The van der Waals surface area contributed by atoms with Gasteiger partial charge in [0.2, 0.25) is 6.29 Å². The van der Waals surface area contributed by atoms with Gasteiger partial charge in [-0.2, -0.15) is 0 Å². The summed E-state index contributed by atoms with van der Waals surface area (Å²) in [6.45, 7) is 1.46. The second-order valence-electron chi connectivity index (χ2n) is 4.53. The minimum absolute atomic E-state index is 0.0784. The molecule has 1 aromatic rings. The molecular weight excluding hydrogens is 264 g/mol. The molecule has 0 aromatic heterocycles. The molecule has 1 aliphatic rings. The predicted octanol–water partition coefficient (Wildman–Crippen LogP) is 0.713. The number of aliphatic hydroxyl groups is 2. The van der Waals surface area contributed by atoms with E-state index in [2.05, 4.69) is 4.74 Å². The second-order valence-corrected chi connectivity index (χ2v) is 4.53. The number of aliphatic hydroxyl groups excluding tert-OH is 1. The second kappa shape index (κ2) is 5.15. The molecule has 20 heavy (non-hydrogen) atoms. The highest BCUT2D eigenvalue weighted by Crippen LogP contribution is 2.38. The van der Waals surface area contributed by atoms with Crippen molar-refractivity contribution in [1.29, 1.82) is 0 Å². The Balaban J connectivity index is 2.44. The van der Waals surface area contributed by atoms with E-state index in [4.69, 9.17) is 9.47 Å². The topological polar surface area (TPSA) is 85.2 Å². The molecular formula is C14H16O6. The third-order valence-electron chi connectivity index (χ3n) is 3.27. The zero-order chi connectivity index (χ0) is 14.9. The van der Waals surface area contributed by atoms with Gasteiger partial charge in [-0.05, 0) is 24.6 Å². The molecule has 2 unspecified atom stereocenters. The van der Waals surface area contributed by atoms with Crippen molar-refractivity contribution < 1.29 is 29.2 Å². The summed E-state index contributed by atoms with van der Waals surface area (Å²) < 4.78 is 14.9. The standard InChI is InChI=1S/C14H16O6/c1-14(17,9-7-12(15)20-13(9)16)8-4-5-10(18-2)11(6-8)19-3/h4-7,13,16-17H,1-3H3. The number of carbonyl (C=O) groups excluding carboxylic acids is 1. The van der Waals surface area contributed by atoms with Crippen LogP contribution < -0.4 is 9.47 Å². The molecule has 108 valence electrons. The lowest BCUT2D eigenvalue weighted by Gasteiger charge is -2.27. The first-order chi connectivity index (χ1) is 9.40. The molecule has 1 aliphatic heterocycles. The highest BCUT2D eigenvalue weighted by atomic mass is 16.6. The fourth-order valence-corrected chi connectivity index (χ4v) is 2.09. The van der Waals surface area contributed by atoms with E-state index >= 15 is 0 Å². The molecule has 0 amide bonds. The fraction of sp³-hybridized carbons (Fsp3) is 0.357. The molecule has 0 fully saturated rings. The number of benzene rings is 1. The van der Waals surface area contributed by atoms with Crippen molar-refractivity contribution in [3.63, 3.8) is 0 Å². The van der Waals surface area contributed by atoms with Crippen LogP contribution in [0.5, 0.6) is 11.5 Å². The third-order valence-corrected chi connectivity index (χ3v) is 3.27. The highest BCUT2D eigenvalue weighted by Gasteiger charge is 2.39. The number of hydrogen-bond acceptors (Lipinski definition) is 6. The first kappa shape index (κ1) is 14.4. The van der Waals surface area contributed by atoms with Crippen LogP contribution in [0.15, 0.2) is 29.8 Å². The molecule has 6 heteroatoms. The molecule has 6 nitrogen and oxygen atoms in total. The summed E-state index contributed by atoms with van der Waals surface area (Å²) >= 11 is 0. The molecule has 1 heterocycles. The van der Waals surface area contributed by atoms with Gasteiger partial charge in [0.05, 0.1) is 14.2 Å². The van der Waals surface area contributed by atoms with E-state index in [1.165, 1.54) is 21.1 Å². The number of esters is 1. The Bertz CT molecular complexity index is 561. The van der Waals surface area contributed by atoms with Crippen LogP contribution >= 0.6 is 0 Å². The van der Waals surface area contributed by atoms with Crippen LogP contribution in [0.3, 0.4) is 0 Å². The number of cyclic esters (lactones) is 1. The SMILES string of the molecule is COc1ccc(C(C)(O)C2=CC(=O)OC2O)cc1OC. The van der Waals surface area contributed by atoms with Gasteiger partial charge in [-0.15, -0.1) is 0 Å². The quantitative estimate of drug-likeness (QED) is 0.790. The number of rotatable bonds is 4. The summed E-state index contributed by atoms with van der Waals surface area (Å²) in [7, 11) is 2.98. The average molecular weight is 280 g/mol. The van der Waals surface area contributed by atoms with Gasteiger partial charge in [0.25, 0.3) is 0 Å². The summed E-state index contributed by atoms with van der Waals surface area (Å²) in [5.74, 6) is 0.263. The van der Waals surface area contributed by atoms with E-state index in [1.54, 1.807) is 18.2 Å². The molecule has 0 radical (unpaired) electrons. The van der Waals surface area contributed by atoms with Crippen LogP contribution in [0, 0.1) is 0 Å². The van der Waals surface area contributed by atoms with Crippen molar-refractivity contribution in [3.05, 3.63) is 35.4 Å². The van der Waals surface area contributed by atoms with E-state index in [0.717, 1.165) is 6.08 Å². The number of carbonyl (C=O) groups is 1. The molecule has 0 bridgehead atoms. The number of methoxy groups -OCH3 is 2. The largest absolute Gasteiger partial charge is 0.493 e. The fourth-order valence-electron chi connectivity index (χ4n) is 2.09. The Morgan fingerprint density at radius 3 is 2.40 bits per heavy atom. The Morgan fingerprint density at radius 1 is 1.25 bits per heavy atom. The average Bonchev–Trinajstić information content (AvgIpc) is 2.77. The van der Waals surface area contributed by atoms with Crippen LogP contribution in [0.25, 0.3) is 0 Å². The van der Waals surface area contributed by atoms with Crippen molar-refractivity contribution in [3.8, 4) is 11.5 Å². The number of ether oxygens (including phenoxy) is 3. The van der Waals surface area contributed by atoms with Gasteiger partial charge in [-0.3, -0.25) is 0 Å². The van der Waals surface area contributed by atoms with Gasteiger partial charge >= 0.3 is 5.97 Å². The van der Waals surface area contributed by atoms with E-state index in [0.29, 0.717) is 17.1 Å². The van der Waals surface area contributed by atoms with E-state index in [9.17, 15) is 15.0 Å². The smallest absolute Gasteiger partial charge is 0.333 e. The van der Waals surface area contributed by atoms with Gasteiger partial charge in [0.1, 0.15) is 5.60 Å². The zero-order valence-corrected chi connectivity index (χ0v) is 11.4. The number of hydrogen-bond donors (Lipinski definition) is 2. The Morgan fingerprint density at radius 2 is 1.90 bits per heavy atom. The van der Waals surface area contributed by atoms with Crippen molar-refractivity contribution in [2.24, 2.45) is 0 Å². The first-order valence-electron chi connectivity index (χ1n) is 5.95. The van der Waals surface area contributed by atoms with Crippen LogP contribution in [0.4, 0.5) is 0 Å². The van der Waals surface area contributed by atoms with Gasteiger partial charge in [-0.25, -0.2) is 4.79 Å². The molecule has 0 saturated heterocycles. The Labute approximate surface area is 116 Å². The summed E-state index contributed by atoms with van der Waals surface area (Å²) in [4.78, 5) is 11.2. The van der Waals surface area contributed by atoms with E-state index in [1.807, 2.05) is 0 Å². The molecule has 2 rings (SSSR count). The van der Waals surface area contributed by atoms with Gasteiger partial charge in [0, 0.05) is 11.6 Å². The van der Waals surface area contributed by atoms with Crippen LogP contribution in [0.2, 0.25) is 0 Å². The molecule has 2 N–H and O–H groups in total. The van der Waals surface area contributed by atoms with E-state index < -0.39 is 17.9 Å². The summed E-state index contributed by atoms with van der Waals surface area (Å²) in [5, 5.41) is 20.3. The lowest BCUT2D eigenvalue weighted by molar-refractivity contribution is -0.152. The van der Waals surface area contributed by atoms with Gasteiger partial charge in [-0.1, -0.05) is 6.07 Å². The van der Waals surface area contributed by atoms with Crippen LogP contribution in [0.1, 0.15) is 12.5 Å². The van der Waals surface area contributed by atoms with Crippen molar-refractivity contribution in [2.45, 2.75) is 18.8 Å². The Hall–Kier alpha value is -2.05. The molecule has 0 spiro atoms. The molecule has 0 aliphatic carbocycles. The lowest BCUT2D eigenvalue weighted by atomic mass is 9.87. The van der Waals surface area contributed by atoms with Crippen molar-refractivity contribution >= 4 is 5.97 Å². The van der Waals surface area contributed by atoms with Crippen LogP contribution in [-0.4, -0.2) is 36.7 Å². The Kier molecular flexibility index (Phi) is 3.69. The third kappa shape index (κ3) is 2.35. The maximum Gasteiger partial charge on any atom is 0.333 e. The minimum Gasteiger partial charge on any atom is -0.493 e. The maximum atomic E-state index is 11.2. The van der Waals surface area contributed by atoms with Crippen molar-refractivity contribution in [2.75, 3.05) is 14.2 Å². The highest BCUT2D eigenvalue weighted by molar-refractivity contribution is 5.86. The predicted molar refractivity (Wildman–Crippen MR) is 69.3 cm³/mol. The molecule has 0 saturated carbocycles. The maximum absolute atomic E-state index is 11.2. The van der Waals surface area contributed by atoms with Gasteiger partial charge in [0.15, 0.2) is 11.5 Å². The summed E-state index contributed by atoms with van der Waals surface area (Å²) in [6, 6.07) is 4.83. The lowest BCUT2D eigenvalue weighted by Crippen LogP contribution is -2.30. The van der Waals surface area contributed by atoms with Crippen molar-refractivity contribution in [1.82, 2.24) is 0 Å². The van der Waals surface area contributed by atoms with Gasteiger partial charge < -0.3 is 24.4 Å². The summed E-state index contributed by atoms with van der Waals surface area (Å²) in [5.41, 5.74) is -1.04. The normalized spacial score (nSPS) is 20.9. The minimum atomic E-state index is -1.56.